The molecule has 136 valence electrons. The van der Waals surface area contributed by atoms with Crippen molar-refractivity contribution < 1.29 is 18.0 Å². The zero-order valence-corrected chi connectivity index (χ0v) is 13.6. The lowest BCUT2D eigenvalue weighted by Gasteiger charge is -2.07. The number of hydrogen-bond donors (Lipinski definition) is 0. The van der Waals surface area contributed by atoms with Crippen molar-refractivity contribution in [1.82, 2.24) is 14.8 Å². The van der Waals surface area contributed by atoms with Gasteiger partial charge in [0.2, 0.25) is 5.91 Å². The van der Waals surface area contributed by atoms with Gasteiger partial charge in [0, 0.05) is 16.9 Å². The molecule has 1 aromatic heterocycles. The topological polar surface area (TPSA) is 96.5 Å². The third kappa shape index (κ3) is 4.31. The summed E-state index contributed by atoms with van der Waals surface area (Å²) in [6.07, 6.45) is -3.01. The van der Waals surface area contributed by atoms with E-state index in [1.54, 1.807) is 24.3 Å². The Morgan fingerprint density at radius 3 is 2.37 bits per heavy atom. The number of carbonyl (C=O) groups is 1. The van der Waals surface area contributed by atoms with Gasteiger partial charge in [0.05, 0.1) is 11.3 Å². The molecular formula is C17H11F3N6O. The van der Waals surface area contributed by atoms with Gasteiger partial charge in [-0.1, -0.05) is 24.3 Å². The molecule has 0 aliphatic carbocycles. The van der Waals surface area contributed by atoms with Gasteiger partial charge in [-0.15, -0.1) is 5.10 Å². The van der Waals surface area contributed by atoms with Gasteiger partial charge >= 0.3 is 6.18 Å². The van der Waals surface area contributed by atoms with Crippen LogP contribution in [0.3, 0.4) is 0 Å². The van der Waals surface area contributed by atoms with Crippen molar-refractivity contribution in [1.29, 1.82) is 0 Å². The monoisotopic (exact) mass is 372 g/mol. The fourth-order valence-corrected chi connectivity index (χ4v) is 2.35. The predicted molar refractivity (Wildman–Crippen MR) is 89.7 cm³/mol. The lowest BCUT2D eigenvalue weighted by Crippen LogP contribution is -2.05. The summed E-state index contributed by atoms with van der Waals surface area (Å²) in [7, 11) is 0. The fourth-order valence-electron chi connectivity index (χ4n) is 2.35. The van der Waals surface area contributed by atoms with E-state index in [1.807, 2.05) is 0 Å². The molecule has 0 saturated heterocycles. The first kappa shape index (κ1) is 18.2. The Hall–Kier alpha value is -3.65. The van der Waals surface area contributed by atoms with Crippen LogP contribution in [-0.2, 0) is 17.4 Å². The van der Waals surface area contributed by atoms with Crippen LogP contribution in [0.1, 0.15) is 11.1 Å². The summed E-state index contributed by atoms with van der Waals surface area (Å²) in [6.45, 7) is 0. The second-order valence-electron chi connectivity index (χ2n) is 5.51. The maximum Gasteiger partial charge on any atom is 0.416 e. The van der Waals surface area contributed by atoms with Crippen molar-refractivity contribution in [2.24, 2.45) is 5.11 Å². The molecule has 0 aliphatic rings. The van der Waals surface area contributed by atoms with Gasteiger partial charge in [0.1, 0.15) is 6.33 Å². The molecule has 0 fully saturated rings. The van der Waals surface area contributed by atoms with E-state index >= 15 is 0 Å². The summed E-state index contributed by atoms with van der Waals surface area (Å²) in [5.41, 5.74) is 9.26. The average molecular weight is 372 g/mol. The SMILES string of the molecule is [N-]=[N+]=NC(=O)Cc1ccc(-c2ncn(-c3ccc(C(F)(F)F)cc3)n2)cc1. The summed E-state index contributed by atoms with van der Waals surface area (Å²) in [4.78, 5) is 17.9. The van der Waals surface area contributed by atoms with E-state index in [2.05, 4.69) is 20.1 Å². The number of carbonyl (C=O) groups excluding carboxylic acids is 1. The lowest BCUT2D eigenvalue weighted by atomic mass is 10.1. The Kier molecular flexibility index (Phi) is 4.91. The predicted octanol–water partition coefficient (Wildman–Crippen LogP) is 4.33. The van der Waals surface area contributed by atoms with E-state index in [0.29, 0.717) is 22.6 Å². The fraction of sp³-hybridized carbons (Fsp3) is 0.118. The van der Waals surface area contributed by atoms with Crippen LogP contribution in [-0.4, -0.2) is 20.7 Å². The molecule has 0 spiro atoms. The Morgan fingerprint density at radius 2 is 1.78 bits per heavy atom. The minimum atomic E-state index is -4.40. The summed E-state index contributed by atoms with van der Waals surface area (Å²) < 4.78 is 39.2. The summed E-state index contributed by atoms with van der Waals surface area (Å²) >= 11 is 0. The molecule has 10 heteroatoms. The van der Waals surface area contributed by atoms with E-state index in [4.69, 9.17) is 5.53 Å². The van der Waals surface area contributed by atoms with E-state index in [9.17, 15) is 18.0 Å². The molecule has 1 heterocycles. The highest BCUT2D eigenvalue weighted by molar-refractivity contribution is 5.79. The molecule has 0 aliphatic heterocycles. The first-order valence-electron chi connectivity index (χ1n) is 7.63. The van der Waals surface area contributed by atoms with Gasteiger partial charge in [-0.25, -0.2) is 9.67 Å². The highest BCUT2D eigenvalue weighted by atomic mass is 19.4. The molecule has 0 saturated carbocycles. The lowest BCUT2D eigenvalue weighted by molar-refractivity contribution is -0.137. The van der Waals surface area contributed by atoms with Crippen LogP contribution in [0.25, 0.3) is 27.5 Å². The van der Waals surface area contributed by atoms with E-state index < -0.39 is 17.6 Å². The first-order chi connectivity index (χ1) is 12.9. The van der Waals surface area contributed by atoms with Gasteiger partial charge < -0.3 is 0 Å². The molecule has 2 aromatic carbocycles. The second-order valence-corrected chi connectivity index (χ2v) is 5.51. The van der Waals surface area contributed by atoms with Crippen LogP contribution in [0, 0.1) is 0 Å². The quantitative estimate of drug-likeness (QED) is 0.387. The van der Waals surface area contributed by atoms with Crippen molar-refractivity contribution in [2.45, 2.75) is 12.6 Å². The third-order valence-electron chi connectivity index (χ3n) is 3.67. The van der Waals surface area contributed by atoms with E-state index in [-0.39, 0.29) is 6.42 Å². The average Bonchev–Trinajstić information content (AvgIpc) is 3.12. The van der Waals surface area contributed by atoms with Crippen LogP contribution in [0.5, 0.6) is 0 Å². The normalized spacial score (nSPS) is 11.1. The molecule has 1 amide bonds. The van der Waals surface area contributed by atoms with E-state index in [1.165, 1.54) is 23.1 Å². The smallest absolute Gasteiger partial charge is 0.292 e. The molecule has 7 nitrogen and oxygen atoms in total. The van der Waals surface area contributed by atoms with Crippen molar-refractivity contribution >= 4 is 5.91 Å². The van der Waals surface area contributed by atoms with Crippen molar-refractivity contribution in [3.8, 4) is 17.1 Å². The highest BCUT2D eigenvalue weighted by Crippen LogP contribution is 2.29. The van der Waals surface area contributed by atoms with Crippen LogP contribution < -0.4 is 0 Å². The van der Waals surface area contributed by atoms with Crippen LogP contribution in [0.2, 0.25) is 0 Å². The summed E-state index contributed by atoms with van der Waals surface area (Å²) in [6, 6.07) is 11.3. The number of halogens is 3. The minimum absolute atomic E-state index is 0.0161. The Morgan fingerprint density at radius 1 is 1.11 bits per heavy atom. The number of azide groups is 1. The largest absolute Gasteiger partial charge is 0.416 e. The van der Waals surface area contributed by atoms with Crippen molar-refractivity contribution in [2.75, 3.05) is 0 Å². The number of alkyl halides is 3. The Bertz CT molecular complexity index is 1000. The van der Waals surface area contributed by atoms with Crippen LogP contribution in [0.15, 0.2) is 60.0 Å². The van der Waals surface area contributed by atoms with Crippen molar-refractivity contribution in [3.63, 3.8) is 0 Å². The van der Waals surface area contributed by atoms with Crippen molar-refractivity contribution in [3.05, 3.63) is 76.4 Å². The Balaban J connectivity index is 1.77. The van der Waals surface area contributed by atoms with Gasteiger partial charge in [-0.05, 0) is 40.5 Å². The second kappa shape index (κ2) is 7.30. The molecule has 27 heavy (non-hydrogen) atoms. The third-order valence-corrected chi connectivity index (χ3v) is 3.67. The van der Waals surface area contributed by atoms with E-state index in [0.717, 1.165) is 12.1 Å². The highest BCUT2D eigenvalue weighted by Gasteiger charge is 2.30. The summed E-state index contributed by atoms with van der Waals surface area (Å²) in [5.74, 6) is -0.210. The molecule has 0 atom stereocenters. The number of benzene rings is 2. The van der Waals surface area contributed by atoms with Gasteiger partial charge in [-0.2, -0.15) is 13.2 Å². The molecule has 3 aromatic rings. The minimum Gasteiger partial charge on any atom is -0.292 e. The Labute approximate surface area is 150 Å². The molecule has 0 bridgehead atoms. The van der Waals surface area contributed by atoms with Gasteiger partial charge in [0.15, 0.2) is 5.82 Å². The molecule has 0 unspecified atom stereocenters. The van der Waals surface area contributed by atoms with Gasteiger partial charge in [-0.3, -0.25) is 4.79 Å². The standard InChI is InChI=1S/C17H11F3N6O/c18-17(19,20)13-5-7-14(8-6-13)26-10-22-16(24-26)12-3-1-11(2-4-12)9-15(27)23-25-21/h1-8,10H,9H2. The molecule has 0 N–H and O–H groups in total. The molecular weight excluding hydrogens is 361 g/mol. The molecule has 0 radical (unpaired) electrons. The van der Waals surface area contributed by atoms with Crippen LogP contribution >= 0.6 is 0 Å². The first-order valence-corrected chi connectivity index (χ1v) is 7.63. The number of hydrogen-bond acceptors (Lipinski definition) is 3. The zero-order chi connectivity index (χ0) is 19.4. The van der Waals surface area contributed by atoms with Gasteiger partial charge in [0.25, 0.3) is 0 Å². The number of nitrogens with zero attached hydrogens (tertiary/aromatic N) is 6. The van der Waals surface area contributed by atoms with Crippen LogP contribution in [0.4, 0.5) is 13.2 Å². The number of aromatic nitrogens is 3. The zero-order valence-electron chi connectivity index (χ0n) is 13.6. The summed E-state index contributed by atoms with van der Waals surface area (Å²) in [5, 5.41) is 7.26. The number of rotatable bonds is 4. The number of amides is 1. The maximum atomic E-state index is 12.6. The molecule has 3 rings (SSSR count). The maximum absolute atomic E-state index is 12.6.